The molecule has 0 aliphatic heterocycles. The molecule has 0 saturated carbocycles. The van der Waals surface area contributed by atoms with E-state index in [1.54, 1.807) is 6.92 Å². The number of methoxy groups -OCH3 is 2. The minimum atomic E-state index is -1.34. The summed E-state index contributed by atoms with van der Waals surface area (Å²) in [6, 6.07) is 1.86. The largest absolute Gasteiger partial charge is 0.466 e. The third-order valence-electron chi connectivity index (χ3n) is 1.79. The molecule has 0 atom stereocenters. The monoisotopic (exact) mass is 201 g/mol. The molecule has 0 aliphatic carbocycles. The summed E-state index contributed by atoms with van der Waals surface area (Å²) in [6.07, 6.45) is 0.262. The molecule has 0 fully saturated rings. The van der Waals surface area contributed by atoms with Crippen LogP contribution in [-0.2, 0) is 19.0 Å². The number of carbonyl (C=O) groups is 1. The first kappa shape index (κ1) is 12.9. The van der Waals surface area contributed by atoms with E-state index >= 15 is 0 Å². The Hall–Kier alpha value is -1.12. The van der Waals surface area contributed by atoms with Gasteiger partial charge in [0.1, 0.15) is 6.07 Å². The molecular formula is C9H15NO4. The van der Waals surface area contributed by atoms with Gasteiger partial charge in [-0.2, -0.15) is 5.26 Å². The topological polar surface area (TPSA) is 68.6 Å². The van der Waals surface area contributed by atoms with Crippen LogP contribution in [0.2, 0.25) is 0 Å². The van der Waals surface area contributed by atoms with Crippen molar-refractivity contribution in [2.24, 2.45) is 0 Å². The molecule has 0 unspecified atom stereocenters. The van der Waals surface area contributed by atoms with E-state index in [4.69, 9.17) is 19.5 Å². The molecular weight excluding hydrogens is 186 g/mol. The lowest BCUT2D eigenvalue weighted by Crippen LogP contribution is -2.32. The Morgan fingerprint density at radius 1 is 1.43 bits per heavy atom. The Labute approximate surface area is 83.6 Å². The fourth-order valence-electron chi connectivity index (χ4n) is 0.934. The van der Waals surface area contributed by atoms with E-state index in [-0.39, 0.29) is 18.8 Å². The van der Waals surface area contributed by atoms with Crippen LogP contribution in [0.15, 0.2) is 0 Å². The second kappa shape index (κ2) is 6.35. The summed E-state index contributed by atoms with van der Waals surface area (Å²) in [5, 5.41) is 8.77. The molecule has 0 aliphatic rings. The van der Waals surface area contributed by atoms with Gasteiger partial charge in [0.2, 0.25) is 0 Å². The first-order valence-electron chi connectivity index (χ1n) is 4.31. The zero-order valence-electron chi connectivity index (χ0n) is 8.70. The first-order chi connectivity index (χ1) is 6.64. The maximum atomic E-state index is 11.0. The average Bonchev–Trinajstić information content (AvgIpc) is 2.21. The van der Waals surface area contributed by atoms with Gasteiger partial charge < -0.3 is 14.2 Å². The second-order valence-electron chi connectivity index (χ2n) is 2.58. The zero-order chi connectivity index (χ0) is 11.0. The molecule has 0 radical (unpaired) electrons. The minimum Gasteiger partial charge on any atom is -0.466 e. The summed E-state index contributed by atoms with van der Waals surface area (Å²) in [6.45, 7) is 2.06. The number of hydrogen-bond acceptors (Lipinski definition) is 5. The van der Waals surface area contributed by atoms with E-state index in [0.717, 1.165) is 0 Å². The minimum absolute atomic E-state index is 0.100. The van der Waals surface area contributed by atoms with E-state index in [1.165, 1.54) is 14.2 Å². The Kier molecular flexibility index (Phi) is 5.84. The van der Waals surface area contributed by atoms with E-state index in [2.05, 4.69) is 0 Å². The predicted molar refractivity (Wildman–Crippen MR) is 48.2 cm³/mol. The van der Waals surface area contributed by atoms with Crippen molar-refractivity contribution in [1.82, 2.24) is 0 Å². The number of hydrogen-bond donors (Lipinski definition) is 0. The van der Waals surface area contributed by atoms with E-state index in [1.807, 2.05) is 6.07 Å². The highest BCUT2D eigenvalue weighted by Gasteiger charge is 2.30. The Balaban J connectivity index is 4.08. The molecule has 0 amide bonds. The highest BCUT2D eigenvalue weighted by atomic mass is 16.7. The highest BCUT2D eigenvalue weighted by molar-refractivity contribution is 5.69. The highest BCUT2D eigenvalue weighted by Crippen LogP contribution is 2.17. The summed E-state index contributed by atoms with van der Waals surface area (Å²) < 4.78 is 14.5. The summed E-state index contributed by atoms with van der Waals surface area (Å²) >= 11 is 0. The smallest absolute Gasteiger partial charge is 0.306 e. The van der Waals surface area contributed by atoms with Crippen molar-refractivity contribution in [1.29, 1.82) is 5.26 Å². The van der Waals surface area contributed by atoms with E-state index in [0.29, 0.717) is 6.61 Å². The fraction of sp³-hybridized carbons (Fsp3) is 0.778. The van der Waals surface area contributed by atoms with Gasteiger partial charge in [-0.15, -0.1) is 0 Å². The van der Waals surface area contributed by atoms with Crippen molar-refractivity contribution in [2.75, 3.05) is 20.8 Å². The van der Waals surface area contributed by atoms with Crippen LogP contribution in [0, 0.1) is 11.3 Å². The molecule has 80 valence electrons. The van der Waals surface area contributed by atoms with E-state index in [9.17, 15) is 4.79 Å². The van der Waals surface area contributed by atoms with Crippen LogP contribution in [0.3, 0.4) is 0 Å². The van der Waals surface area contributed by atoms with Crippen LogP contribution in [0.25, 0.3) is 0 Å². The lowest BCUT2D eigenvalue weighted by Gasteiger charge is -2.22. The van der Waals surface area contributed by atoms with Crippen molar-refractivity contribution in [3.05, 3.63) is 0 Å². The molecule has 0 saturated heterocycles. The summed E-state index contributed by atoms with van der Waals surface area (Å²) in [5.74, 6) is -1.70. The molecule has 0 aromatic carbocycles. The SMILES string of the molecule is CCOC(=O)CCC(C#N)(OC)OC. The molecule has 0 aromatic heterocycles. The van der Waals surface area contributed by atoms with Gasteiger partial charge in [-0.25, -0.2) is 0 Å². The van der Waals surface area contributed by atoms with Gasteiger partial charge >= 0.3 is 5.97 Å². The van der Waals surface area contributed by atoms with Gasteiger partial charge in [0.25, 0.3) is 5.79 Å². The normalized spacial score (nSPS) is 10.7. The van der Waals surface area contributed by atoms with Gasteiger partial charge in [-0.1, -0.05) is 0 Å². The van der Waals surface area contributed by atoms with Crippen LogP contribution in [0.1, 0.15) is 19.8 Å². The number of carbonyl (C=O) groups excluding carboxylic acids is 1. The van der Waals surface area contributed by atoms with Crippen molar-refractivity contribution < 1.29 is 19.0 Å². The molecule has 0 aromatic rings. The van der Waals surface area contributed by atoms with Crippen molar-refractivity contribution in [2.45, 2.75) is 25.6 Å². The number of nitriles is 1. The number of ether oxygens (including phenoxy) is 3. The quantitative estimate of drug-likeness (QED) is 0.470. The standard InChI is InChI=1S/C9H15NO4/c1-4-14-8(11)5-6-9(7-10,12-2)13-3/h4-6H2,1-3H3. The number of rotatable bonds is 6. The maximum Gasteiger partial charge on any atom is 0.306 e. The second-order valence-corrected chi connectivity index (χ2v) is 2.58. The molecule has 0 heterocycles. The molecule has 0 bridgehead atoms. The zero-order valence-corrected chi connectivity index (χ0v) is 8.70. The van der Waals surface area contributed by atoms with Crippen molar-refractivity contribution in [3.8, 4) is 6.07 Å². The molecule has 0 N–H and O–H groups in total. The summed E-state index contributed by atoms with van der Waals surface area (Å²) in [4.78, 5) is 11.0. The maximum absolute atomic E-state index is 11.0. The molecule has 5 heteroatoms. The van der Waals surface area contributed by atoms with Gasteiger partial charge in [0.05, 0.1) is 13.0 Å². The van der Waals surface area contributed by atoms with Crippen molar-refractivity contribution in [3.63, 3.8) is 0 Å². The Morgan fingerprint density at radius 2 is 2.00 bits per heavy atom. The summed E-state index contributed by atoms with van der Waals surface area (Å²) in [5.41, 5.74) is 0. The van der Waals surface area contributed by atoms with E-state index < -0.39 is 5.79 Å². The Morgan fingerprint density at radius 3 is 2.36 bits per heavy atom. The Bertz CT molecular complexity index is 217. The lowest BCUT2D eigenvalue weighted by atomic mass is 10.1. The van der Waals surface area contributed by atoms with Gasteiger partial charge in [-0.3, -0.25) is 4.79 Å². The number of nitrogens with zero attached hydrogens (tertiary/aromatic N) is 1. The third-order valence-corrected chi connectivity index (χ3v) is 1.79. The third kappa shape index (κ3) is 3.73. The molecule has 0 rings (SSSR count). The van der Waals surface area contributed by atoms with Gasteiger partial charge in [-0.05, 0) is 6.92 Å². The van der Waals surface area contributed by atoms with Gasteiger partial charge in [0.15, 0.2) is 0 Å². The number of esters is 1. The first-order valence-corrected chi connectivity index (χ1v) is 4.31. The van der Waals surface area contributed by atoms with Crippen LogP contribution in [0.5, 0.6) is 0 Å². The summed E-state index contributed by atoms with van der Waals surface area (Å²) in [7, 11) is 2.72. The van der Waals surface area contributed by atoms with Crippen LogP contribution in [0.4, 0.5) is 0 Å². The molecule has 0 spiro atoms. The van der Waals surface area contributed by atoms with Crippen LogP contribution >= 0.6 is 0 Å². The molecule has 5 nitrogen and oxygen atoms in total. The van der Waals surface area contributed by atoms with Gasteiger partial charge in [0, 0.05) is 20.6 Å². The van der Waals surface area contributed by atoms with Crippen LogP contribution in [-0.4, -0.2) is 32.6 Å². The average molecular weight is 201 g/mol. The fourth-order valence-corrected chi connectivity index (χ4v) is 0.934. The predicted octanol–water partition coefficient (Wildman–Crippen LogP) is 0.842. The molecule has 14 heavy (non-hydrogen) atoms. The van der Waals surface area contributed by atoms with Crippen molar-refractivity contribution >= 4 is 5.97 Å². The lowest BCUT2D eigenvalue weighted by molar-refractivity contribution is -0.174. The van der Waals surface area contributed by atoms with Crippen LogP contribution < -0.4 is 0 Å².